The lowest BCUT2D eigenvalue weighted by molar-refractivity contribution is 0.446. The molecule has 0 amide bonds. The molecule has 0 aliphatic rings. The summed E-state index contributed by atoms with van der Waals surface area (Å²) in [5.41, 5.74) is 2.89. The van der Waals surface area contributed by atoms with Crippen LogP contribution in [0.3, 0.4) is 0 Å². The molecule has 0 spiro atoms. The van der Waals surface area contributed by atoms with E-state index < -0.39 is 10.0 Å². The smallest absolute Gasteiger partial charge is 0.243 e. The molecule has 120 valence electrons. The maximum Gasteiger partial charge on any atom is 0.243 e. The number of sulfonamides is 1. The number of aromatic nitrogens is 2. The molecule has 2 aromatic rings. The Balaban J connectivity index is 2.32. The van der Waals surface area contributed by atoms with Gasteiger partial charge in [0.1, 0.15) is 0 Å². The molecular formula is C15H20BrN3O2S. The molecule has 0 saturated heterocycles. The van der Waals surface area contributed by atoms with E-state index in [1.807, 2.05) is 26.8 Å². The zero-order valence-electron chi connectivity index (χ0n) is 13.2. The Morgan fingerprint density at radius 2 is 1.95 bits per heavy atom. The van der Waals surface area contributed by atoms with E-state index in [1.165, 1.54) is 4.31 Å². The van der Waals surface area contributed by atoms with Gasteiger partial charge in [0.15, 0.2) is 0 Å². The van der Waals surface area contributed by atoms with E-state index in [2.05, 4.69) is 21.0 Å². The normalized spacial score (nSPS) is 12.1. The molecule has 0 radical (unpaired) electrons. The third kappa shape index (κ3) is 3.26. The van der Waals surface area contributed by atoms with Gasteiger partial charge in [-0.1, -0.05) is 6.07 Å². The summed E-state index contributed by atoms with van der Waals surface area (Å²) < 4.78 is 29.4. The lowest BCUT2D eigenvalue weighted by Crippen LogP contribution is -2.28. The van der Waals surface area contributed by atoms with Crippen molar-refractivity contribution >= 4 is 26.0 Å². The van der Waals surface area contributed by atoms with Gasteiger partial charge in [-0.05, 0) is 60.0 Å². The highest BCUT2D eigenvalue weighted by atomic mass is 79.9. The third-order valence-corrected chi connectivity index (χ3v) is 6.22. The third-order valence-electron chi connectivity index (χ3n) is 3.76. The van der Waals surface area contributed by atoms with Crippen LogP contribution in [0.5, 0.6) is 0 Å². The maximum atomic E-state index is 12.7. The van der Waals surface area contributed by atoms with Crippen LogP contribution in [0.25, 0.3) is 0 Å². The number of hydrogen-bond donors (Lipinski definition) is 0. The second kappa shape index (κ2) is 6.52. The van der Waals surface area contributed by atoms with Crippen LogP contribution in [0.4, 0.5) is 0 Å². The molecule has 0 atom stereocenters. The monoisotopic (exact) mass is 385 g/mol. The van der Waals surface area contributed by atoms with Crippen molar-refractivity contribution in [1.29, 1.82) is 0 Å². The van der Waals surface area contributed by atoms with Gasteiger partial charge in [0, 0.05) is 13.6 Å². The van der Waals surface area contributed by atoms with Gasteiger partial charge in [-0.25, -0.2) is 8.42 Å². The highest BCUT2D eigenvalue weighted by Crippen LogP contribution is 2.23. The van der Waals surface area contributed by atoms with Gasteiger partial charge in [0.2, 0.25) is 10.0 Å². The van der Waals surface area contributed by atoms with E-state index in [0.717, 1.165) is 21.3 Å². The standard InChI is InChI=1S/C15H20BrN3O2S/c1-5-19-15(14(16)9-17-19)10-18(4)22(20,21)13-7-6-11(2)12(3)8-13/h6-9H,5,10H2,1-4H3. The summed E-state index contributed by atoms with van der Waals surface area (Å²) in [6.07, 6.45) is 1.69. The Bertz CT molecular complexity index is 784. The minimum atomic E-state index is -3.52. The molecule has 5 nitrogen and oxygen atoms in total. The summed E-state index contributed by atoms with van der Waals surface area (Å²) in [5.74, 6) is 0. The van der Waals surface area contributed by atoms with Crippen molar-refractivity contribution in [1.82, 2.24) is 14.1 Å². The number of halogens is 1. The number of rotatable bonds is 5. The summed E-state index contributed by atoms with van der Waals surface area (Å²) in [7, 11) is -1.94. The molecule has 1 aromatic heterocycles. The first-order valence-corrected chi connectivity index (χ1v) is 9.24. The predicted molar refractivity (Wildman–Crippen MR) is 90.2 cm³/mol. The Morgan fingerprint density at radius 1 is 1.27 bits per heavy atom. The molecule has 0 fully saturated rings. The van der Waals surface area contributed by atoms with Crippen molar-refractivity contribution in [3.8, 4) is 0 Å². The van der Waals surface area contributed by atoms with Crippen molar-refractivity contribution in [3.05, 3.63) is 45.7 Å². The summed E-state index contributed by atoms with van der Waals surface area (Å²) in [4.78, 5) is 0.316. The van der Waals surface area contributed by atoms with Crippen LogP contribution in [-0.4, -0.2) is 29.6 Å². The van der Waals surface area contributed by atoms with E-state index in [4.69, 9.17) is 0 Å². The van der Waals surface area contributed by atoms with Gasteiger partial charge in [-0.3, -0.25) is 4.68 Å². The number of nitrogens with zero attached hydrogens (tertiary/aromatic N) is 3. The van der Waals surface area contributed by atoms with Crippen molar-refractivity contribution < 1.29 is 8.42 Å². The van der Waals surface area contributed by atoms with Crippen LogP contribution in [0, 0.1) is 13.8 Å². The van der Waals surface area contributed by atoms with E-state index in [0.29, 0.717) is 11.4 Å². The summed E-state index contributed by atoms with van der Waals surface area (Å²) in [6, 6.07) is 5.20. The highest BCUT2D eigenvalue weighted by molar-refractivity contribution is 9.10. The zero-order chi connectivity index (χ0) is 16.5. The molecule has 22 heavy (non-hydrogen) atoms. The molecule has 2 rings (SSSR count). The fraction of sp³-hybridized carbons (Fsp3) is 0.400. The maximum absolute atomic E-state index is 12.7. The average Bonchev–Trinajstić information content (AvgIpc) is 2.82. The first kappa shape index (κ1) is 17.2. The number of benzene rings is 1. The van der Waals surface area contributed by atoms with Crippen LogP contribution in [0.1, 0.15) is 23.7 Å². The van der Waals surface area contributed by atoms with Gasteiger partial charge in [-0.15, -0.1) is 0 Å². The van der Waals surface area contributed by atoms with E-state index in [-0.39, 0.29) is 6.54 Å². The minimum absolute atomic E-state index is 0.268. The first-order chi connectivity index (χ1) is 10.3. The van der Waals surface area contributed by atoms with Crippen molar-refractivity contribution in [3.63, 3.8) is 0 Å². The van der Waals surface area contributed by atoms with Crippen molar-refractivity contribution in [2.24, 2.45) is 0 Å². The van der Waals surface area contributed by atoms with E-state index >= 15 is 0 Å². The fourth-order valence-electron chi connectivity index (χ4n) is 2.17. The molecule has 0 aliphatic heterocycles. The Kier molecular flexibility index (Phi) is 5.09. The SMILES string of the molecule is CCn1ncc(Br)c1CN(C)S(=O)(=O)c1ccc(C)c(C)c1. The first-order valence-electron chi connectivity index (χ1n) is 7.01. The van der Waals surface area contributed by atoms with Crippen LogP contribution in [0.2, 0.25) is 0 Å². The zero-order valence-corrected chi connectivity index (χ0v) is 15.6. The Morgan fingerprint density at radius 3 is 2.55 bits per heavy atom. The lowest BCUT2D eigenvalue weighted by Gasteiger charge is -2.18. The fourth-order valence-corrected chi connectivity index (χ4v) is 3.81. The van der Waals surface area contributed by atoms with Gasteiger partial charge in [0.25, 0.3) is 0 Å². The van der Waals surface area contributed by atoms with Gasteiger partial charge < -0.3 is 0 Å². The van der Waals surface area contributed by atoms with E-state index in [9.17, 15) is 8.42 Å². The molecular weight excluding hydrogens is 366 g/mol. The number of aryl methyl sites for hydroxylation is 3. The van der Waals surface area contributed by atoms with Gasteiger partial charge in [0.05, 0.1) is 27.8 Å². The Labute approximate surface area is 140 Å². The molecule has 1 heterocycles. The van der Waals surface area contributed by atoms with Crippen LogP contribution >= 0.6 is 15.9 Å². The average molecular weight is 386 g/mol. The summed E-state index contributed by atoms with van der Waals surface area (Å²) in [6.45, 7) is 6.81. The molecule has 0 N–H and O–H groups in total. The second-order valence-electron chi connectivity index (χ2n) is 5.26. The molecule has 0 bridgehead atoms. The van der Waals surface area contributed by atoms with E-state index in [1.54, 1.807) is 30.1 Å². The minimum Gasteiger partial charge on any atom is -0.267 e. The molecule has 0 unspecified atom stereocenters. The Hall–Kier alpha value is -1.18. The lowest BCUT2D eigenvalue weighted by atomic mass is 10.1. The van der Waals surface area contributed by atoms with Crippen molar-refractivity contribution in [2.45, 2.75) is 38.8 Å². The second-order valence-corrected chi connectivity index (χ2v) is 8.16. The molecule has 0 saturated carbocycles. The quantitative estimate of drug-likeness (QED) is 0.794. The predicted octanol–water partition coefficient (Wildman–Crippen LogP) is 3.10. The highest BCUT2D eigenvalue weighted by Gasteiger charge is 2.23. The summed E-state index contributed by atoms with van der Waals surface area (Å²) >= 11 is 3.43. The molecule has 0 aliphatic carbocycles. The largest absolute Gasteiger partial charge is 0.267 e. The van der Waals surface area contributed by atoms with Crippen LogP contribution < -0.4 is 0 Å². The van der Waals surface area contributed by atoms with Crippen molar-refractivity contribution in [2.75, 3.05) is 7.05 Å². The molecule has 7 heteroatoms. The van der Waals surface area contributed by atoms with Gasteiger partial charge >= 0.3 is 0 Å². The number of hydrogen-bond acceptors (Lipinski definition) is 3. The molecule has 1 aromatic carbocycles. The van der Waals surface area contributed by atoms with Gasteiger partial charge in [-0.2, -0.15) is 9.40 Å². The topological polar surface area (TPSA) is 55.2 Å². The van der Waals surface area contributed by atoms with Crippen LogP contribution in [0.15, 0.2) is 33.8 Å². The van der Waals surface area contributed by atoms with Crippen LogP contribution in [-0.2, 0) is 23.1 Å². The summed E-state index contributed by atoms with van der Waals surface area (Å²) in [5, 5.41) is 4.22.